The van der Waals surface area contributed by atoms with Crippen molar-refractivity contribution < 1.29 is 9.18 Å². The molecule has 1 amide bonds. The number of halogens is 1. The van der Waals surface area contributed by atoms with Gasteiger partial charge in [-0.1, -0.05) is 26.0 Å². The Morgan fingerprint density at radius 3 is 2.43 bits per heavy atom. The molecule has 2 rings (SSSR count). The Kier molecular flexibility index (Phi) is 5.12. The van der Waals surface area contributed by atoms with Gasteiger partial charge in [-0.15, -0.1) is 11.3 Å². The quantitative estimate of drug-likeness (QED) is 0.851. The molecule has 0 radical (unpaired) electrons. The number of nitrogens with one attached hydrogen (secondary N) is 1. The van der Waals surface area contributed by atoms with Crippen LogP contribution in [0, 0.1) is 11.7 Å². The third kappa shape index (κ3) is 4.39. The summed E-state index contributed by atoms with van der Waals surface area (Å²) in [6.45, 7) is 6.30. The Morgan fingerprint density at radius 1 is 1.14 bits per heavy atom. The number of carbonyl (C=O) groups excluding carboxylic acids is 1. The first-order chi connectivity index (χ1) is 9.95. The Hall–Kier alpha value is -1.68. The predicted molar refractivity (Wildman–Crippen MR) is 86.1 cm³/mol. The highest BCUT2D eigenvalue weighted by molar-refractivity contribution is 7.17. The maximum Gasteiger partial charge on any atom is 0.261 e. The number of hydrogen-bond acceptors (Lipinski definition) is 2. The molecule has 0 aliphatic carbocycles. The Morgan fingerprint density at radius 2 is 1.81 bits per heavy atom. The van der Waals surface area contributed by atoms with E-state index < -0.39 is 0 Å². The molecule has 1 aromatic carbocycles. The van der Waals surface area contributed by atoms with Crippen molar-refractivity contribution >= 4 is 17.2 Å². The fourth-order valence-corrected chi connectivity index (χ4v) is 3.20. The summed E-state index contributed by atoms with van der Waals surface area (Å²) in [5, 5.41) is 3.01. The fraction of sp³-hybridized carbons (Fsp3) is 0.353. The lowest BCUT2D eigenvalue weighted by Gasteiger charge is -2.15. The minimum atomic E-state index is -0.254. The van der Waals surface area contributed by atoms with Crippen LogP contribution in [-0.2, 0) is 0 Å². The van der Waals surface area contributed by atoms with Crippen LogP contribution >= 0.6 is 11.3 Å². The molecule has 1 atom stereocenters. The van der Waals surface area contributed by atoms with E-state index in [2.05, 4.69) is 19.2 Å². The second kappa shape index (κ2) is 6.85. The molecule has 112 valence electrons. The van der Waals surface area contributed by atoms with Crippen molar-refractivity contribution in [1.29, 1.82) is 0 Å². The van der Waals surface area contributed by atoms with Gasteiger partial charge in [-0.25, -0.2) is 4.39 Å². The summed E-state index contributed by atoms with van der Waals surface area (Å²) < 4.78 is 12.9. The second-order valence-electron chi connectivity index (χ2n) is 5.67. The largest absolute Gasteiger partial charge is 0.349 e. The van der Waals surface area contributed by atoms with Crippen molar-refractivity contribution in [3.8, 4) is 10.4 Å². The van der Waals surface area contributed by atoms with Crippen LogP contribution in [0.25, 0.3) is 10.4 Å². The van der Waals surface area contributed by atoms with Gasteiger partial charge in [0.05, 0.1) is 4.88 Å². The van der Waals surface area contributed by atoms with Gasteiger partial charge in [0.25, 0.3) is 5.91 Å². The Labute approximate surface area is 129 Å². The summed E-state index contributed by atoms with van der Waals surface area (Å²) in [4.78, 5) is 13.8. The number of carbonyl (C=O) groups is 1. The Balaban J connectivity index is 2.05. The molecule has 2 aromatic rings. The molecule has 1 heterocycles. The minimum Gasteiger partial charge on any atom is -0.349 e. The first-order valence-electron chi connectivity index (χ1n) is 7.12. The summed E-state index contributed by atoms with van der Waals surface area (Å²) in [5.41, 5.74) is 0.927. The molecule has 1 N–H and O–H groups in total. The van der Waals surface area contributed by atoms with Gasteiger partial charge in [0, 0.05) is 10.9 Å². The van der Waals surface area contributed by atoms with E-state index in [-0.39, 0.29) is 17.8 Å². The normalized spacial score (nSPS) is 12.4. The van der Waals surface area contributed by atoms with Gasteiger partial charge in [0.2, 0.25) is 0 Å². The average molecular weight is 305 g/mol. The van der Waals surface area contributed by atoms with E-state index >= 15 is 0 Å². The molecule has 0 bridgehead atoms. The molecule has 0 aliphatic rings. The highest BCUT2D eigenvalue weighted by Gasteiger charge is 2.13. The maximum atomic E-state index is 12.9. The number of hydrogen-bond donors (Lipinski definition) is 1. The standard InChI is InChI=1S/C17H20FNOS/c1-11(2)10-12(3)19-17(20)16-9-8-15(21-16)13-4-6-14(18)7-5-13/h4-9,11-12H,10H2,1-3H3,(H,19,20). The molecule has 1 aromatic heterocycles. The highest BCUT2D eigenvalue weighted by Crippen LogP contribution is 2.28. The molecule has 21 heavy (non-hydrogen) atoms. The van der Waals surface area contributed by atoms with E-state index in [1.54, 1.807) is 12.1 Å². The molecule has 0 fully saturated rings. The van der Waals surface area contributed by atoms with Crippen LogP contribution in [0.4, 0.5) is 4.39 Å². The maximum absolute atomic E-state index is 12.9. The van der Waals surface area contributed by atoms with Crippen LogP contribution in [0.1, 0.15) is 36.9 Å². The first kappa shape index (κ1) is 15.7. The van der Waals surface area contributed by atoms with Gasteiger partial charge in [-0.3, -0.25) is 4.79 Å². The molecule has 0 spiro atoms. The number of rotatable bonds is 5. The van der Waals surface area contributed by atoms with Gasteiger partial charge in [-0.2, -0.15) is 0 Å². The van der Waals surface area contributed by atoms with Gasteiger partial charge < -0.3 is 5.32 Å². The van der Waals surface area contributed by atoms with Crippen LogP contribution in [0.3, 0.4) is 0 Å². The van der Waals surface area contributed by atoms with Crippen LogP contribution in [0.15, 0.2) is 36.4 Å². The third-order valence-corrected chi connectivity index (χ3v) is 4.29. The van der Waals surface area contributed by atoms with Crippen molar-refractivity contribution in [1.82, 2.24) is 5.32 Å². The van der Waals surface area contributed by atoms with Crippen molar-refractivity contribution in [2.75, 3.05) is 0 Å². The summed E-state index contributed by atoms with van der Waals surface area (Å²) in [7, 11) is 0. The minimum absolute atomic E-state index is 0.0403. The van der Waals surface area contributed by atoms with E-state index in [4.69, 9.17) is 0 Å². The van der Waals surface area contributed by atoms with Gasteiger partial charge >= 0.3 is 0 Å². The molecule has 2 nitrogen and oxygen atoms in total. The van der Waals surface area contributed by atoms with Crippen LogP contribution < -0.4 is 5.32 Å². The molecule has 1 unspecified atom stereocenters. The monoisotopic (exact) mass is 305 g/mol. The zero-order valence-electron chi connectivity index (χ0n) is 12.5. The SMILES string of the molecule is CC(C)CC(C)NC(=O)c1ccc(-c2ccc(F)cc2)s1. The zero-order chi connectivity index (χ0) is 15.4. The van der Waals surface area contributed by atoms with Gasteiger partial charge in [0.1, 0.15) is 5.82 Å². The van der Waals surface area contributed by atoms with Crippen molar-refractivity contribution in [2.24, 2.45) is 5.92 Å². The molecule has 0 saturated carbocycles. The van der Waals surface area contributed by atoms with Gasteiger partial charge in [-0.05, 0) is 49.1 Å². The molecule has 0 aliphatic heterocycles. The third-order valence-electron chi connectivity index (χ3n) is 3.16. The molecule has 0 saturated heterocycles. The number of benzene rings is 1. The fourth-order valence-electron chi connectivity index (χ4n) is 2.29. The van der Waals surface area contributed by atoms with Crippen LogP contribution in [-0.4, -0.2) is 11.9 Å². The highest BCUT2D eigenvalue weighted by atomic mass is 32.1. The summed E-state index contributed by atoms with van der Waals surface area (Å²) in [6, 6.07) is 10.2. The van der Waals surface area contributed by atoms with Crippen molar-refractivity contribution in [3.05, 3.63) is 47.1 Å². The van der Waals surface area contributed by atoms with Crippen LogP contribution in [0.2, 0.25) is 0 Å². The summed E-state index contributed by atoms with van der Waals surface area (Å²) in [5.74, 6) is 0.260. The molecule has 4 heteroatoms. The Bertz CT molecular complexity index is 604. The first-order valence-corrected chi connectivity index (χ1v) is 7.94. The second-order valence-corrected chi connectivity index (χ2v) is 6.76. The average Bonchev–Trinajstić information content (AvgIpc) is 2.88. The lowest BCUT2D eigenvalue weighted by atomic mass is 10.1. The summed E-state index contributed by atoms with van der Waals surface area (Å²) in [6.07, 6.45) is 0.960. The van der Waals surface area contributed by atoms with E-state index in [0.29, 0.717) is 10.8 Å². The molecular formula is C17H20FNOS. The van der Waals surface area contributed by atoms with E-state index in [0.717, 1.165) is 16.9 Å². The smallest absolute Gasteiger partial charge is 0.261 e. The van der Waals surface area contributed by atoms with Crippen LogP contribution in [0.5, 0.6) is 0 Å². The van der Waals surface area contributed by atoms with E-state index in [1.165, 1.54) is 23.5 Å². The predicted octanol–water partition coefficient (Wildman–Crippen LogP) is 4.72. The number of thiophene rings is 1. The lowest BCUT2D eigenvalue weighted by molar-refractivity contribution is 0.0940. The van der Waals surface area contributed by atoms with E-state index in [9.17, 15) is 9.18 Å². The van der Waals surface area contributed by atoms with E-state index in [1.807, 2.05) is 19.1 Å². The van der Waals surface area contributed by atoms with Crippen molar-refractivity contribution in [2.45, 2.75) is 33.2 Å². The van der Waals surface area contributed by atoms with Crippen molar-refractivity contribution in [3.63, 3.8) is 0 Å². The lowest BCUT2D eigenvalue weighted by Crippen LogP contribution is -2.32. The number of amides is 1. The topological polar surface area (TPSA) is 29.1 Å². The van der Waals surface area contributed by atoms with Gasteiger partial charge in [0.15, 0.2) is 0 Å². The molecular weight excluding hydrogens is 285 g/mol. The zero-order valence-corrected chi connectivity index (χ0v) is 13.3. The summed E-state index contributed by atoms with van der Waals surface area (Å²) >= 11 is 1.43.